The van der Waals surface area contributed by atoms with Crippen LogP contribution in [0.3, 0.4) is 0 Å². The fourth-order valence-corrected chi connectivity index (χ4v) is 7.75. The van der Waals surface area contributed by atoms with Crippen molar-refractivity contribution in [2.45, 2.75) is 59.3 Å². The van der Waals surface area contributed by atoms with Gasteiger partial charge >= 0.3 is 17.9 Å². The smallest absolute Gasteiger partial charge is 0.343 e. The third-order valence-corrected chi connectivity index (χ3v) is 11.3. The number of halogens is 8. The predicted octanol–water partition coefficient (Wildman–Crippen LogP) is 13.2. The van der Waals surface area contributed by atoms with Crippen LogP contribution in [-0.2, 0) is 19.1 Å². The average Bonchev–Trinajstić information content (AvgIpc) is 3.32. The number of aromatic nitrogens is 6. The summed E-state index contributed by atoms with van der Waals surface area (Å²) >= 11 is 48.8. The molecule has 0 radical (unpaired) electrons. The average molecular weight is 1170 g/mol. The van der Waals surface area contributed by atoms with Crippen LogP contribution >= 0.6 is 92.8 Å². The minimum absolute atomic E-state index is 0.0168. The van der Waals surface area contributed by atoms with Crippen LogP contribution in [0.25, 0.3) is 0 Å². The molecule has 0 aliphatic carbocycles. The Morgan fingerprint density at radius 2 is 0.808 bits per heavy atom. The van der Waals surface area contributed by atoms with Gasteiger partial charge in [0.15, 0.2) is 47.4 Å². The van der Waals surface area contributed by atoms with Crippen LogP contribution in [0, 0.1) is 0 Å². The zero-order chi connectivity index (χ0) is 54.3. The quantitative estimate of drug-likeness (QED) is 0.0676. The molecule has 0 unspecified atom stereocenters. The second-order valence-electron chi connectivity index (χ2n) is 15.5. The lowest BCUT2D eigenvalue weighted by Crippen LogP contribution is -2.15. The lowest BCUT2D eigenvalue weighted by molar-refractivity contribution is -0.143. The Balaban J connectivity index is 0.000000237. The molecule has 0 saturated carbocycles. The van der Waals surface area contributed by atoms with E-state index in [1.54, 1.807) is 12.1 Å². The first-order valence-corrected chi connectivity index (χ1v) is 23.9. The van der Waals surface area contributed by atoms with Gasteiger partial charge in [0.25, 0.3) is 5.56 Å². The number of nitrogens with one attached hydrogen (secondary N) is 1. The van der Waals surface area contributed by atoms with E-state index in [1.807, 2.05) is 41.5 Å². The van der Waals surface area contributed by atoms with Crippen molar-refractivity contribution >= 4 is 111 Å². The van der Waals surface area contributed by atoms with Gasteiger partial charge < -0.3 is 43.4 Å². The Hall–Kier alpha value is -5.77. The van der Waals surface area contributed by atoms with E-state index in [1.165, 1.54) is 49.6 Å². The minimum Gasteiger partial charge on any atom is -0.482 e. The molecule has 0 fully saturated rings. The van der Waals surface area contributed by atoms with Gasteiger partial charge in [-0.25, -0.2) is 19.5 Å². The molecule has 0 atom stereocenters. The van der Waals surface area contributed by atoms with Crippen molar-refractivity contribution < 1.29 is 57.8 Å². The molecule has 0 amide bonds. The molecule has 0 bridgehead atoms. The number of carboxylic acid groups (broad SMARTS) is 2. The van der Waals surface area contributed by atoms with E-state index in [-0.39, 0.29) is 106 Å². The fourth-order valence-electron chi connectivity index (χ4n) is 5.49. The van der Waals surface area contributed by atoms with E-state index in [0.717, 1.165) is 11.1 Å². The molecule has 3 N–H and O–H groups in total. The molecule has 390 valence electrons. The van der Waals surface area contributed by atoms with Gasteiger partial charge in [-0.3, -0.25) is 4.79 Å². The fraction of sp³-hybridized carbons (Fsp3) is 0.283. The van der Waals surface area contributed by atoms with Crippen molar-refractivity contribution in [3.63, 3.8) is 0 Å². The van der Waals surface area contributed by atoms with E-state index < -0.39 is 31.1 Å². The van der Waals surface area contributed by atoms with Gasteiger partial charge in [0.1, 0.15) is 17.2 Å². The van der Waals surface area contributed by atoms with Crippen LogP contribution in [-0.4, -0.2) is 85.6 Å². The molecule has 0 aliphatic rings. The van der Waals surface area contributed by atoms with Crippen molar-refractivity contribution in [3.8, 4) is 52.1 Å². The Morgan fingerprint density at radius 1 is 0.493 bits per heavy atom. The SMILES string of the molecule is CC(C)c1cc(Oc2c(Cl)cc(OCC(=O)O)cc2Cl)n[nH]c1=O.CC(C)c1cc(Oc2c(Cl)cc(OCC(=O)O)cc2Cl)nnc1Cl.COC(=O)COc1cc(Cl)c(Oc2cc(C(C)C)c(Cl)nn2)c(Cl)c1. The van der Waals surface area contributed by atoms with Crippen molar-refractivity contribution in [1.82, 2.24) is 30.6 Å². The number of hydrogen-bond acceptors (Lipinski definition) is 16. The molecular weight excluding hydrogens is 1130 g/mol. The van der Waals surface area contributed by atoms with Gasteiger partial charge in [0, 0.05) is 60.2 Å². The highest BCUT2D eigenvalue weighted by atomic mass is 35.5. The van der Waals surface area contributed by atoms with Crippen LogP contribution in [0.2, 0.25) is 40.4 Å². The number of benzene rings is 3. The summed E-state index contributed by atoms with van der Waals surface area (Å²) in [5.41, 5.74) is 1.77. The van der Waals surface area contributed by atoms with E-state index in [0.29, 0.717) is 21.6 Å². The van der Waals surface area contributed by atoms with E-state index in [4.69, 9.17) is 131 Å². The van der Waals surface area contributed by atoms with Gasteiger partial charge in [-0.1, -0.05) is 134 Å². The van der Waals surface area contributed by atoms with Gasteiger partial charge in [-0.15, -0.1) is 25.5 Å². The molecule has 3 aromatic carbocycles. The summed E-state index contributed by atoms with van der Waals surface area (Å²) in [6.07, 6.45) is 0. The highest BCUT2D eigenvalue weighted by Crippen LogP contribution is 2.42. The van der Waals surface area contributed by atoms with E-state index in [9.17, 15) is 19.2 Å². The van der Waals surface area contributed by atoms with Crippen LogP contribution in [0.15, 0.2) is 59.4 Å². The molecule has 3 aromatic heterocycles. The van der Waals surface area contributed by atoms with Crippen molar-refractivity contribution in [2.24, 2.45) is 0 Å². The summed E-state index contributed by atoms with van der Waals surface area (Å²) in [6, 6.07) is 13.3. The summed E-state index contributed by atoms with van der Waals surface area (Å²) in [7, 11) is 1.27. The first-order valence-electron chi connectivity index (χ1n) is 20.9. The van der Waals surface area contributed by atoms with E-state index >= 15 is 0 Å². The lowest BCUT2D eigenvalue weighted by Gasteiger charge is -2.13. The Labute approximate surface area is 456 Å². The zero-order valence-electron chi connectivity index (χ0n) is 39.2. The Bertz CT molecular complexity index is 2930. The van der Waals surface area contributed by atoms with Crippen molar-refractivity contribution in [1.29, 1.82) is 0 Å². The maximum atomic E-state index is 11.7. The van der Waals surface area contributed by atoms with Gasteiger partial charge in [0.05, 0.1) is 37.2 Å². The number of carbonyl (C=O) groups excluding carboxylic acids is 1. The van der Waals surface area contributed by atoms with Crippen LogP contribution < -0.4 is 34.0 Å². The van der Waals surface area contributed by atoms with Crippen molar-refractivity contribution in [2.75, 3.05) is 26.9 Å². The number of H-pyrrole nitrogens is 1. The minimum atomic E-state index is -1.12. The monoisotopic (exact) mass is 1170 g/mol. The molecule has 73 heavy (non-hydrogen) atoms. The number of hydrogen-bond donors (Lipinski definition) is 3. The topological polar surface area (TPSA) is 254 Å². The maximum Gasteiger partial charge on any atom is 0.343 e. The van der Waals surface area contributed by atoms with Crippen LogP contribution in [0.1, 0.15) is 76.0 Å². The first-order chi connectivity index (χ1) is 34.4. The number of aliphatic carboxylic acids is 2. The number of carboxylic acids is 2. The molecule has 6 rings (SSSR count). The number of rotatable bonds is 18. The number of methoxy groups -OCH3 is 1. The summed E-state index contributed by atoms with van der Waals surface area (Å²) in [6.45, 7) is 10.3. The first kappa shape index (κ1) is 59.8. The largest absolute Gasteiger partial charge is 0.482 e. The summed E-state index contributed by atoms with van der Waals surface area (Å²) in [4.78, 5) is 43.8. The zero-order valence-corrected chi connectivity index (χ0v) is 45.2. The molecule has 19 nitrogen and oxygen atoms in total. The molecule has 0 aliphatic heterocycles. The van der Waals surface area contributed by atoms with Crippen LogP contribution in [0.5, 0.6) is 52.1 Å². The van der Waals surface area contributed by atoms with Crippen LogP contribution in [0.4, 0.5) is 0 Å². The standard InChI is InChI=1S/C16H15Cl3N2O4.C15H13Cl3N2O4.C15H14Cl2N2O5/c1-8(2)10-6-13(20-21-16(10)19)25-15-11(17)4-9(5-12(15)18)24-7-14(22)23-3;1-7(2)9-5-12(19-20-15(9)18)24-14-10(16)3-8(4-11(14)17)23-6-13(21)22;1-7(2)9-5-12(18-19-15(9)22)24-14-10(16)3-8(4-11(14)17)23-6-13(20)21/h4-6,8H,7H2,1-3H3;3-5,7H,6H2,1-2H3,(H,21,22);3-5,7H,6H2,1-2H3,(H,19,22)(H,20,21). The highest BCUT2D eigenvalue weighted by molar-refractivity contribution is 6.38. The predicted molar refractivity (Wildman–Crippen MR) is 275 cm³/mol. The summed E-state index contributed by atoms with van der Waals surface area (Å²) < 4.78 is 36.6. The van der Waals surface area contributed by atoms with E-state index in [2.05, 4.69) is 35.3 Å². The van der Waals surface area contributed by atoms with Gasteiger partial charge in [-0.2, -0.15) is 0 Å². The Kier molecular flexibility index (Phi) is 23.0. The van der Waals surface area contributed by atoms with Gasteiger partial charge in [-0.05, 0) is 28.9 Å². The number of esters is 1. The molecule has 0 spiro atoms. The van der Waals surface area contributed by atoms with Crippen molar-refractivity contribution in [3.05, 3.63) is 122 Å². The molecular formula is C46H42Cl8N6O13. The third-order valence-electron chi connectivity index (χ3n) is 9.03. The maximum absolute atomic E-state index is 11.7. The normalized spacial score (nSPS) is 10.7. The number of carbonyl (C=O) groups is 3. The Morgan fingerprint density at radius 3 is 1.12 bits per heavy atom. The highest BCUT2D eigenvalue weighted by Gasteiger charge is 2.19. The number of nitrogens with zero attached hydrogens (tertiary/aromatic N) is 5. The molecule has 6 aromatic rings. The summed E-state index contributed by atoms with van der Waals surface area (Å²) in [5.74, 6) is -0.795. The molecule has 3 heterocycles. The lowest BCUT2D eigenvalue weighted by atomic mass is 10.1. The third kappa shape index (κ3) is 18.3. The number of ether oxygens (including phenoxy) is 7. The summed E-state index contributed by atoms with van der Waals surface area (Å²) in [5, 5.41) is 40.3. The van der Waals surface area contributed by atoms with Gasteiger partial charge in [0.2, 0.25) is 17.6 Å². The second kappa shape index (κ2) is 28.1. The molecule has 0 saturated heterocycles. The molecule has 27 heteroatoms. The number of aromatic amines is 1. The second-order valence-corrected chi connectivity index (χ2v) is 18.7.